The van der Waals surface area contributed by atoms with Gasteiger partial charge in [0.25, 0.3) is 0 Å². The van der Waals surface area contributed by atoms with Gasteiger partial charge in [-0.1, -0.05) is 6.07 Å². The maximum atomic E-state index is 12.4. The van der Waals surface area contributed by atoms with E-state index < -0.39 is 5.97 Å². The zero-order valence-corrected chi connectivity index (χ0v) is 14.4. The van der Waals surface area contributed by atoms with Gasteiger partial charge in [-0.3, -0.25) is 14.5 Å². The fraction of sp³-hybridized carbons (Fsp3) is 0.211. The van der Waals surface area contributed by atoms with E-state index in [9.17, 15) is 14.4 Å². The summed E-state index contributed by atoms with van der Waals surface area (Å²) in [6, 6.07) is 11.1. The van der Waals surface area contributed by atoms with Gasteiger partial charge in [0.1, 0.15) is 0 Å². The Morgan fingerprint density at radius 2 is 1.42 bits per heavy atom. The van der Waals surface area contributed by atoms with Gasteiger partial charge in [-0.2, -0.15) is 0 Å². The third kappa shape index (κ3) is 3.23. The van der Waals surface area contributed by atoms with Gasteiger partial charge in [-0.05, 0) is 36.4 Å². The lowest BCUT2D eigenvalue weighted by Crippen LogP contribution is -2.28. The molecular formula is C19H17NO6. The molecule has 3 rings (SSSR count). The van der Waals surface area contributed by atoms with Crippen LogP contribution in [-0.2, 0) is 9.59 Å². The summed E-state index contributed by atoms with van der Waals surface area (Å²) in [6.45, 7) is 0. The average Bonchev–Trinajstić information content (AvgIpc) is 3.00. The molecule has 0 radical (unpaired) electrons. The maximum absolute atomic E-state index is 12.4. The Balaban J connectivity index is 1.81. The molecule has 134 valence electrons. The zero-order chi connectivity index (χ0) is 18.7. The van der Waals surface area contributed by atoms with Gasteiger partial charge in [0.2, 0.25) is 17.6 Å². The Labute approximate surface area is 150 Å². The number of methoxy groups -OCH3 is 2. The monoisotopic (exact) mass is 355 g/mol. The van der Waals surface area contributed by atoms with E-state index in [1.165, 1.54) is 38.5 Å². The topological polar surface area (TPSA) is 82.1 Å². The summed E-state index contributed by atoms with van der Waals surface area (Å²) in [7, 11) is 2.93. The number of ether oxygens (including phenoxy) is 3. The van der Waals surface area contributed by atoms with Crippen LogP contribution in [-0.4, -0.2) is 32.0 Å². The quantitative estimate of drug-likeness (QED) is 0.466. The number of amides is 2. The van der Waals surface area contributed by atoms with E-state index in [1.54, 1.807) is 18.2 Å². The van der Waals surface area contributed by atoms with Crippen molar-refractivity contribution >= 4 is 23.5 Å². The lowest BCUT2D eigenvalue weighted by Gasteiger charge is -2.15. The lowest BCUT2D eigenvalue weighted by molar-refractivity contribution is -0.121. The summed E-state index contributed by atoms with van der Waals surface area (Å²) in [6.07, 6.45) is 0.409. The number of imide groups is 1. The van der Waals surface area contributed by atoms with Crippen LogP contribution < -0.4 is 19.1 Å². The van der Waals surface area contributed by atoms with Crippen LogP contribution >= 0.6 is 0 Å². The molecule has 26 heavy (non-hydrogen) atoms. The number of para-hydroxylation sites is 1. The van der Waals surface area contributed by atoms with Crippen LogP contribution in [0.1, 0.15) is 23.2 Å². The first kappa shape index (κ1) is 17.5. The van der Waals surface area contributed by atoms with E-state index in [1.807, 2.05) is 0 Å². The van der Waals surface area contributed by atoms with Crippen molar-refractivity contribution < 1.29 is 28.6 Å². The fourth-order valence-corrected chi connectivity index (χ4v) is 2.68. The number of benzene rings is 2. The molecule has 2 amide bonds. The predicted octanol–water partition coefficient (Wildman–Crippen LogP) is 2.58. The lowest BCUT2D eigenvalue weighted by atomic mass is 10.2. The number of nitrogens with zero attached hydrogens (tertiary/aromatic N) is 1. The smallest absolute Gasteiger partial charge is 0.343 e. The molecular weight excluding hydrogens is 338 g/mol. The van der Waals surface area contributed by atoms with Crippen LogP contribution in [0.2, 0.25) is 0 Å². The average molecular weight is 355 g/mol. The van der Waals surface area contributed by atoms with Gasteiger partial charge in [-0.25, -0.2) is 4.79 Å². The number of anilines is 1. The predicted molar refractivity (Wildman–Crippen MR) is 92.7 cm³/mol. The maximum Gasteiger partial charge on any atom is 0.343 e. The number of carbonyl (C=O) groups excluding carboxylic acids is 3. The molecule has 1 saturated heterocycles. The SMILES string of the molecule is COc1cccc(OC)c1OC(=O)c1ccc(N2C(=O)CCC2=O)cc1. The first-order valence-electron chi connectivity index (χ1n) is 7.94. The Kier molecular flexibility index (Phi) is 4.88. The highest BCUT2D eigenvalue weighted by Crippen LogP contribution is 2.37. The highest BCUT2D eigenvalue weighted by molar-refractivity contribution is 6.19. The second-order valence-electron chi connectivity index (χ2n) is 5.55. The minimum atomic E-state index is -0.613. The van der Waals surface area contributed by atoms with Crippen LogP contribution in [0.4, 0.5) is 5.69 Å². The zero-order valence-electron chi connectivity index (χ0n) is 14.4. The number of esters is 1. The molecule has 7 nitrogen and oxygen atoms in total. The molecule has 0 unspecified atom stereocenters. The third-order valence-electron chi connectivity index (χ3n) is 3.99. The van der Waals surface area contributed by atoms with Crippen LogP contribution in [0, 0.1) is 0 Å². The van der Waals surface area contributed by atoms with Crippen LogP contribution in [0.15, 0.2) is 42.5 Å². The largest absolute Gasteiger partial charge is 0.493 e. The third-order valence-corrected chi connectivity index (χ3v) is 3.99. The summed E-state index contributed by atoms with van der Waals surface area (Å²) < 4.78 is 15.8. The number of carbonyl (C=O) groups is 3. The molecule has 0 bridgehead atoms. The van der Waals surface area contributed by atoms with Gasteiger partial charge in [0.15, 0.2) is 11.5 Å². The number of rotatable bonds is 5. The molecule has 0 atom stereocenters. The highest BCUT2D eigenvalue weighted by Gasteiger charge is 2.30. The van der Waals surface area contributed by atoms with Gasteiger partial charge in [0, 0.05) is 12.8 Å². The molecule has 0 aromatic heterocycles. The van der Waals surface area contributed by atoms with E-state index in [4.69, 9.17) is 14.2 Å². The van der Waals surface area contributed by atoms with Crippen molar-refractivity contribution in [3.8, 4) is 17.2 Å². The van der Waals surface area contributed by atoms with Crippen molar-refractivity contribution in [1.29, 1.82) is 0 Å². The Bertz CT molecular complexity index is 821. The standard InChI is InChI=1S/C19H17NO6/c1-24-14-4-3-5-15(25-2)18(14)26-19(23)12-6-8-13(9-7-12)20-16(21)10-11-17(20)22/h3-9H,10-11H2,1-2H3. The van der Waals surface area contributed by atoms with Gasteiger partial charge < -0.3 is 14.2 Å². The van der Waals surface area contributed by atoms with Crippen LogP contribution in [0.25, 0.3) is 0 Å². The van der Waals surface area contributed by atoms with E-state index in [0.29, 0.717) is 17.2 Å². The summed E-state index contributed by atoms with van der Waals surface area (Å²) in [5.41, 5.74) is 0.699. The van der Waals surface area contributed by atoms with E-state index in [-0.39, 0.29) is 36.0 Å². The Morgan fingerprint density at radius 3 is 1.92 bits per heavy atom. The van der Waals surface area contributed by atoms with E-state index in [0.717, 1.165) is 4.90 Å². The van der Waals surface area contributed by atoms with Crippen molar-refractivity contribution in [2.45, 2.75) is 12.8 Å². The van der Waals surface area contributed by atoms with Gasteiger partial charge in [-0.15, -0.1) is 0 Å². The molecule has 1 aliphatic heterocycles. The molecule has 2 aromatic carbocycles. The second-order valence-corrected chi connectivity index (χ2v) is 5.55. The summed E-state index contributed by atoms with van der Waals surface area (Å²) in [5, 5.41) is 0. The normalized spacial score (nSPS) is 13.7. The van der Waals surface area contributed by atoms with Crippen molar-refractivity contribution in [3.05, 3.63) is 48.0 Å². The molecule has 0 saturated carbocycles. The van der Waals surface area contributed by atoms with Crippen molar-refractivity contribution in [2.24, 2.45) is 0 Å². The Morgan fingerprint density at radius 1 is 0.885 bits per heavy atom. The number of hydrogen-bond acceptors (Lipinski definition) is 6. The number of hydrogen-bond donors (Lipinski definition) is 0. The molecule has 0 spiro atoms. The fourth-order valence-electron chi connectivity index (χ4n) is 2.68. The Hall–Kier alpha value is -3.35. The van der Waals surface area contributed by atoms with E-state index >= 15 is 0 Å². The van der Waals surface area contributed by atoms with Crippen molar-refractivity contribution in [3.63, 3.8) is 0 Å². The van der Waals surface area contributed by atoms with Crippen LogP contribution in [0.3, 0.4) is 0 Å². The summed E-state index contributed by atoms with van der Waals surface area (Å²) in [5.74, 6) is -0.201. The van der Waals surface area contributed by atoms with E-state index in [2.05, 4.69) is 0 Å². The van der Waals surface area contributed by atoms with Crippen molar-refractivity contribution in [1.82, 2.24) is 0 Å². The second kappa shape index (κ2) is 7.26. The first-order chi connectivity index (χ1) is 12.5. The molecule has 1 fully saturated rings. The van der Waals surface area contributed by atoms with Crippen molar-refractivity contribution in [2.75, 3.05) is 19.1 Å². The highest BCUT2D eigenvalue weighted by atomic mass is 16.6. The molecule has 1 aliphatic rings. The molecule has 7 heteroatoms. The van der Waals surface area contributed by atoms with Gasteiger partial charge in [0.05, 0.1) is 25.5 Å². The minimum absolute atomic E-state index is 0.177. The van der Waals surface area contributed by atoms with Gasteiger partial charge >= 0.3 is 5.97 Å². The molecule has 0 aliphatic carbocycles. The molecule has 0 N–H and O–H groups in total. The molecule has 2 aromatic rings. The first-order valence-corrected chi connectivity index (χ1v) is 7.94. The minimum Gasteiger partial charge on any atom is -0.493 e. The summed E-state index contributed by atoms with van der Waals surface area (Å²) in [4.78, 5) is 37.1. The summed E-state index contributed by atoms with van der Waals surface area (Å²) >= 11 is 0. The molecule has 1 heterocycles. The van der Waals surface area contributed by atoms with Crippen LogP contribution in [0.5, 0.6) is 17.2 Å².